The highest BCUT2D eigenvalue weighted by molar-refractivity contribution is 8.26. The second kappa shape index (κ2) is 9.91. The van der Waals surface area contributed by atoms with Crippen molar-refractivity contribution < 1.29 is 4.79 Å². The molecule has 0 fully saturated rings. The number of carbonyl (C=O) groups excluding carboxylic acids is 1. The van der Waals surface area contributed by atoms with E-state index >= 15 is 0 Å². The van der Waals surface area contributed by atoms with Crippen LogP contribution < -0.4 is 0 Å². The predicted octanol–water partition coefficient (Wildman–Crippen LogP) is 6.38. The molecule has 4 rings (SSSR count). The molecule has 172 valence electrons. The summed E-state index contributed by atoms with van der Waals surface area (Å²) in [5.41, 5.74) is 5.56. The molecule has 1 aromatic heterocycles. The van der Waals surface area contributed by atoms with Crippen molar-refractivity contribution >= 4 is 39.8 Å². The Bertz CT molecular complexity index is 1170. The lowest BCUT2D eigenvalue weighted by atomic mass is 10.1. The van der Waals surface area contributed by atoms with Gasteiger partial charge < -0.3 is 4.57 Å². The van der Waals surface area contributed by atoms with Crippen molar-refractivity contribution in [3.05, 3.63) is 58.4 Å². The van der Waals surface area contributed by atoms with E-state index in [-0.39, 0.29) is 17.3 Å². The van der Waals surface area contributed by atoms with Crippen molar-refractivity contribution in [1.82, 2.24) is 9.58 Å². The SMILES string of the molecule is CCCCCCCC1=NN2C(=N)C(=Cc3cc(C)n(-c4ccc(C)cc4)c3C)C(=O)N=C2S1. The first kappa shape index (κ1) is 23.2. The number of nitrogens with one attached hydrogen (secondary N) is 1. The van der Waals surface area contributed by atoms with Gasteiger partial charge in [-0.25, -0.2) is 0 Å². The monoisotopic (exact) mass is 461 g/mol. The van der Waals surface area contributed by atoms with Crippen molar-refractivity contribution in [1.29, 1.82) is 5.41 Å². The average Bonchev–Trinajstić information content (AvgIpc) is 3.31. The number of thioether (sulfide) groups is 1. The minimum Gasteiger partial charge on any atom is -0.318 e. The molecule has 0 atom stereocenters. The lowest BCUT2D eigenvalue weighted by molar-refractivity contribution is -0.114. The molecule has 3 heterocycles. The number of amides is 1. The number of aliphatic imine (C=N–C) groups is 1. The Morgan fingerprint density at radius 3 is 2.52 bits per heavy atom. The van der Waals surface area contributed by atoms with Crippen molar-refractivity contribution in [3.63, 3.8) is 0 Å². The van der Waals surface area contributed by atoms with Crippen LogP contribution in [0.4, 0.5) is 0 Å². The molecule has 0 saturated carbocycles. The second-order valence-corrected chi connectivity index (χ2v) is 9.72. The number of amidine groups is 2. The number of hydrogen-bond acceptors (Lipinski definition) is 4. The Balaban J connectivity index is 1.55. The zero-order valence-electron chi connectivity index (χ0n) is 19.8. The third-order valence-corrected chi connectivity index (χ3v) is 7.02. The topological polar surface area (TPSA) is 73.8 Å². The number of rotatable bonds is 8. The molecule has 0 saturated heterocycles. The molecule has 1 aromatic carbocycles. The molecule has 1 N–H and O–H groups in total. The minimum atomic E-state index is -0.377. The van der Waals surface area contributed by atoms with Crippen molar-refractivity contribution in [2.24, 2.45) is 10.1 Å². The third-order valence-electron chi connectivity index (χ3n) is 6.05. The normalized spacial score (nSPS) is 17.0. The zero-order valence-corrected chi connectivity index (χ0v) is 20.6. The molecule has 0 unspecified atom stereocenters. The predicted molar refractivity (Wildman–Crippen MR) is 138 cm³/mol. The molecule has 2 aromatic rings. The molecule has 0 aliphatic carbocycles. The number of aromatic nitrogens is 1. The first-order chi connectivity index (χ1) is 15.9. The fraction of sp³-hybridized carbons (Fsp3) is 0.385. The lowest BCUT2D eigenvalue weighted by Crippen LogP contribution is -2.35. The molecule has 2 aliphatic rings. The Labute approximate surface area is 200 Å². The highest BCUT2D eigenvalue weighted by atomic mass is 32.2. The van der Waals surface area contributed by atoms with Gasteiger partial charge in [0.15, 0.2) is 5.84 Å². The highest BCUT2D eigenvalue weighted by Gasteiger charge is 2.35. The van der Waals surface area contributed by atoms with E-state index in [1.807, 2.05) is 19.9 Å². The van der Waals surface area contributed by atoms with Gasteiger partial charge in [-0.1, -0.05) is 50.3 Å². The summed E-state index contributed by atoms with van der Waals surface area (Å²) in [5.74, 6) is -0.281. The minimum absolute atomic E-state index is 0.0959. The van der Waals surface area contributed by atoms with E-state index in [4.69, 9.17) is 5.41 Å². The summed E-state index contributed by atoms with van der Waals surface area (Å²) >= 11 is 1.42. The van der Waals surface area contributed by atoms with E-state index < -0.39 is 0 Å². The summed E-state index contributed by atoms with van der Waals surface area (Å²) < 4.78 is 2.16. The molecule has 0 spiro atoms. The molecule has 2 aliphatic heterocycles. The molecule has 6 nitrogen and oxygen atoms in total. The van der Waals surface area contributed by atoms with Crippen LogP contribution in [0.1, 0.15) is 68.0 Å². The fourth-order valence-electron chi connectivity index (χ4n) is 4.19. The first-order valence-corrected chi connectivity index (χ1v) is 12.5. The number of aryl methyl sites for hydroxylation is 2. The molecular formula is C26H31N5OS. The van der Waals surface area contributed by atoms with Crippen LogP contribution in [-0.4, -0.2) is 31.5 Å². The Hall–Kier alpha value is -2.93. The van der Waals surface area contributed by atoms with Crippen LogP contribution in [-0.2, 0) is 4.79 Å². The van der Waals surface area contributed by atoms with Gasteiger partial charge in [0.05, 0.1) is 5.57 Å². The van der Waals surface area contributed by atoms with Crippen LogP contribution in [0, 0.1) is 26.2 Å². The van der Waals surface area contributed by atoms with E-state index in [9.17, 15) is 4.79 Å². The molecule has 0 bridgehead atoms. The third kappa shape index (κ3) is 4.88. The van der Waals surface area contributed by atoms with Crippen LogP contribution in [0.25, 0.3) is 11.8 Å². The second-order valence-electron chi connectivity index (χ2n) is 8.68. The summed E-state index contributed by atoms with van der Waals surface area (Å²) in [7, 11) is 0. The standard InChI is InChI=1S/C26H31N5OS/c1-5-6-7-8-9-10-23-29-31-24(27)22(25(32)28-26(31)33-23)16-20-15-18(3)30(19(20)4)21-13-11-17(2)12-14-21/h11-16,27H,5-10H2,1-4H3. The van der Waals surface area contributed by atoms with E-state index in [2.05, 4.69) is 52.8 Å². The van der Waals surface area contributed by atoms with Gasteiger partial charge in [-0.15, -0.1) is 0 Å². The van der Waals surface area contributed by atoms with Gasteiger partial charge in [-0.2, -0.15) is 15.1 Å². The molecular weight excluding hydrogens is 430 g/mol. The van der Waals surface area contributed by atoms with Crippen molar-refractivity contribution in [2.45, 2.75) is 66.2 Å². The number of fused-ring (bicyclic) bond motifs is 1. The number of hydrazone groups is 1. The van der Waals surface area contributed by atoms with Gasteiger partial charge in [-0.05, 0) is 75.2 Å². The quantitative estimate of drug-likeness (QED) is 0.366. The maximum atomic E-state index is 12.8. The Morgan fingerprint density at radius 1 is 1.06 bits per heavy atom. The summed E-state index contributed by atoms with van der Waals surface area (Å²) in [6.07, 6.45) is 8.61. The van der Waals surface area contributed by atoms with Crippen molar-refractivity contribution in [3.8, 4) is 5.69 Å². The van der Waals surface area contributed by atoms with Gasteiger partial charge in [0.2, 0.25) is 5.17 Å². The van der Waals surface area contributed by atoms with Crippen molar-refractivity contribution in [2.75, 3.05) is 0 Å². The van der Waals surface area contributed by atoms with Gasteiger partial charge >= 0.3 is 0 Å². The number of unbranched alkanes of at least 4 members (excludes halogenated alkanes) is 4. The maximum absolute atomic E-state index is 12.8. The van der Waals surface area contributed by atoms with Crippen LogP contribution >= 0.6 is 11.8 Å². The van der Waals surface area contributed by atoms with E-state index in [0.29, 0.717) is 5.17 Å². The summed E-state index contributed by atoms with van der Waals surface area (Å²) in [6, 6.07) is 10.4. The van der Waals surface area contributed by atoms with E-state index in [1.54, 1.807) is 6.08 Å². The lowest BCUT2D eigenvalue weighted by Gasteiger charge is -2.20. The van der Waals surface area contributed by atoms with Crippen LogP contribution in [0.2, 0.25) is 0 Å². The van der Waals surface area contributed by atoms with Gasteiger partial charge in [0, 0.05) is 17.1 Å². The number of nitrogens with zero attached hydrogens (tertiary/aromatic N) is 4. The van der Waals surface area contributed by atoms with Crippen LogP contribution in [0.3, 0.4) is 0 Å². The maximum Gasteiger partial charge on any atom is 0.283 e. The van der Waals surface area contributed by atoms with Gasteiger partial charge in [0.25, 0.3) is 5.91 Å². The molecule has 7 heteroatoms. The zero-order chi connectivity index (χ0) is 23.5. The van der Waals surface area contributed by atoms with Crippen LogP contribution in [0.15, 0.2) is 46.0 Å². The van der Waals surface area contributed by atoms with E-state index in [0.717, 1.165) is 40.5 Å². The smallest absolute Gasteiger partial charge is 0.283 e. The first-order valence-electron chi connectivity index (χ1n) is 11.6. The average molecular weight is 462 g/mol. The molecule has 33 heavy (non-hydrogen) atoms. The largest absolute Gasteiger partial charge is 0.318 e. The highest BCUT2D eigenvalue weighted by Crippen LogP contribution is 2.31. The van der Waals surface area contributed by atoms with E-state index in [1.165, 1.54) is 48.0 Å². The number of benzene rings is 1. The Kier molecular flexibility index (Phi) is 6.98. The number of hydrogen-bond donors (Lipinski definition) is 1. The summed E-state index contributed by atoms with van der Waals surface area (Å²) in [4.78, 5) is 17.0. The molecule has 0 radical (unpaired) electrons. The molecule has 1 amide bonds. The Morgan fingerprint density at radius 2 is 1.79 bits per heavy atom. The fourth-order valence-corrected chi connectivity index (χ4v) is 5.12. The summed E-state index contributed by atoms with van der Waals surface area (Å²) in [6.45, 7) is 8.36. The van der Waals surface area contributed by atoms with Gasteiger partial charge in [-0.3, -0.25) is 10.2 Å². The number of carbonyl (C=O) groups is 1. The van der Waals surface area contributed by atoms with Crippen LogP contribution in [0.5, 0.6) is 0 Å². The summed E-state index contributed by atoms with van der Waals surface area (Å²) in [5, 5.41) is 16.2. The van der Waals surface area contributed by atoms with Gasteiger partial charge in [0.1, 0.15) is 5.04 Å².